The molecular weight excluding hydrogens is 366 g/mol. The van der Waals surface area contributed by atoms with Crippen LogP contribution in [0.1, 0.15) is 60.8 Å². The van der Waals surface area contributed by atoms with Crippen molar-refractivity contribution in [3.8, 4) is 0 Å². The number of carbonyl (C=O) groups excluding carboxylic acids is 2. The summed E-state index contributed by atoms with van der Waals surface area (Å²) in [5.74, 6) is -2.55. The van der Waals surface area contributed by atoms with Gasteiger partial charge in [0.05, 0.1) is 23.5 Å². The monoisotopic (exact) mass is 393 g/mol. The molecule has 148 valence electrons. The molecule has 1 aromatic heterocycles. The van der Waals surface area contributed by atoms with Crippen LogP contribution in [0.25, 0.3) is 0 Å². The highest BCUT2D eigenvalue weighted by Crippen LogP contribution is 2.53. The third-order valence-corrected chi connectivity index (χ3v) is 6.91. The van der Waals surface area contributed by atoms with Crippen LogP contribution in [-0.2, 0) is 20.7 Å². The van der Waals surface area contributed by atoms with E-state index in [1.807, 2.05) is 13.8 Å². The highest BCUT2D eigenvalue weighted by Gasteiger charge is 2.54. The summed E-state index contributed by atoms with van der Waals surface area (Å²) in [6.07, 6.45) is 2.99. The number of nitrogens with one attached hydrogen (secondary N) is 1. The van der Waals surface area contributed by atoms with Crippen molar-refractivity contribution in [2.24, 2.45) is 23.7 Å². The second-order valence-electron chi connectivity index (χ2n) is 7.86. The van der Waals surface area contributed by atoms with Crippen molar-refractivity contribution in [1.29, 1.82) is 0 Å². The Hall–Kier alpha value is -1.89. The molecule has 2 bridgehead atoms. The summed E-state index contributed by atoms with van der Waals surface area (Å²) in [4.78, 5) is 38.3. The highest BCUT2D eigenvalue weighted by molar-refractivity contribution is 7.16. The molecule has 0 radical (unpaired) electrons. The molecule has 2 aliphatic rings. The average Bonchev–Trinajstić information content (AvgIpc) is 3.25. The van der Waals surface area contributed by atoms with Crippen LogP contribution >= 0.6 is 11.3 Å². The molecule has 7 heteroatoms. The molecule has 4 atom stereocenters. The zero-order valence-corrected chi connectivity index (χ0v) is 17.0. The topological polar surface area (TPSA) is 92.7 Å². The van der Waals surface area contributed by atoms with Crippen molar-refractivity contribution < 1.29 is 24.2 Å². The molecule has 0 spiro atoms. The number of aliphatic carboxylic acids is 1. The van der Waals surface area contributed by atoms with E-state index >= 15 is 0 Å². The van der Waals surface area contributed by atoms with Crippen molar-refractivity contribution >= 4 is 34.2 Å². The van der Waals surface area contributed by atoms with Crippen LogP contribution in [0.5, 0.6) is 0 Å². The molecule has 0 unspecified atom stereocenters. The van der Waals surface area contributed by atoms with E-state index in [0.29, 0.717) is 17.0 Å². The number of rotatable bonds is 6. The largest absolute Gasteiger partial charge is 0.481 e. The SMILES string of the molecule is CCc1c(C)sc(NC(=O)[C@H]2[C@H]3CC[C@@H](C3)[C@H]2C(=O)O)c1C(=O)OC(C)C. The summed E-state index contributed by atoms with van der Waals surface area (Å²) in [6.45, 7) is 7.45. The summed E-state index contributed by atoms with van der Waals surface area (Å²) < 4.78 is 5.37. The third kappa shape index (κ3) is 3.61. The van der Waals surface area contributed by atoms with Gasteiger partial charge in [0.2, 0.25) is 5.91 Å². The first-order chi connectivity index (χ1) is 12.7. The Morgan fingerprint density at radius 2 is 1.85 bits per heavy atom. The number of amides is 1. The van der Waals surface area contributed by atoms with Gasteiger partial charge in [-0.2, -0.15) is 0 Å². The first kappa shape index (κ1) is 19.9. The maximum atomic E-state index is 13.0. The number of ether oxygens (including phenoxy) is 1. The molecular formula is C20H27NO5S. The third-order valence-electron chi connectivity index (χ3n) is 5.85. The lowest BCUT2D eigenvalue weighted by molar-refractivity contribution is -0.148. The molecule has 2 saturated carbocycles. The number of carboxylic acids is 1. The first-order valence-corrected chi connectivity index (χ1v) is 10.4. The van der Waals surface area contributed by atoms with Gasteiger partial charge in [-0.25, -0.2) is 4.79 Å². The van der Waals surface area contributed by atoms with Crippen molar-refractivity contribution in [2.45, 2.75) is 59.5 Å². The Kier molecular flexibility index (Phi) is 5.60. The van der Waals surface area contributed by atoms with Crippen LogP contribution in [0, 0.1) is 30.6 Å². The van der Waals surface area contributed by atoms with Gasteiger partial charge in [0.1, 0.15) is 5.00 Å². The number of fused-ring (bicyclic) bond motifs is 2. The summed E-state index contributed by atoms with van der Waals surface area (Å²) in [5, 5.41) is 13.0. The molecule has 27 heavy (non-hydrogen) atoms. The van der Waals surface area contributed by atoms with Crippen LogP contribution < -0.4 is 5.32 Å². The Bertz CT molecular complexity index is 769. The molecule has 0 aromatic carbocycles. The molecule has 1 aromatic rings. The molecule has 2 aliphatic carbocycles. The number of hydrogen-bond acceptors (Lipinski definition) is 5. The number of carbonyl (C=O) groups is 3. The van der Waals surface area contributed by atoms with Gasteiger partial charge in [-0.05, 0) is 63.9 Å². The fraction of sp³-hybridized carbons (Fsp3) is 0.650. The zero-order chi connectivity index (χ0) is 19.9. The average molecular weight is 394 g/mol. The number of aryl methyl sites for hydroxylation is 1. The number of anilines is 1. The lowest BCUT2D eigenvalue weighted by Crippen LogP contribution is -2.38. The van der Waals surface area contributed by atoms with E-state index in [-0.39, 0.29) is 23.8 Å². The molecule has 1 heterocycles. The fourth-order valence-corrected chi connectivity index (χ4v) is 5.94. The van der Waals surface area contributed by atoms with E-state index in [9.17, 15) is 19.5 Å². The van der Waals surface area contributed by atoms with E-state index in [0.717, 1.165) is 29.7 Å². The fourth-order valence-electron chi connectivity index (χ4n) is 4.80. The normalized spacial score (nSPS) is 26.4. The number of carboxylic acid groups (broad SMARTS) is 1. The molecule has 0 aliphatic heterocycles. The molecule has 0 saturated heterocycles. The number of hydrogen-bond donors (Lipinski definition) is 2. The van der Waals surface area contributed by atoms with Crippen molar-refractivity contribution in [2.75, 3.05) is 5.32 Å². The van der Waals surface area contributed by atoms with Crippen molar-refractivity contribution in [1.82, 2.24) is 0 Å². The molecule has 6 nitrogen and oxygen atoms in total. The van der Waals surface area contributed by atoms with Crippen LogP contribution in [0.15, 0.2) is 0 Å². The predicted octanol–water partition coefficient (Wildman–Crippen LogP) is 3.87. The second kappa shape index (κ2) is 7.62. The van der Waals surface area contributed by atoms with Crippen LogP contribution in [0.2, 0.25) is 0 Å². The zero-order valence-electron chi connectivity index (χ0n) is 16.2. The van der Waals surface area contributed by atoms with Gasteiger partial charge in [-0.15, -0.1) is 11.3 Å². The minimum atomic E-state index is -0.890. The van der Waals surface area contributed by atoms with Crippen LogP contribution in [0.4, 0.5) is 5.00 Å². The van der Waals surface area contributed by atoms with E-state index < -0.39 is 23.8 Å². The van der Waals surface area contributed by atoms with E-state index in [4.69, 9.17) is 4.74 Å². The van der Waals surface area contributed by atoms with Crippen molar-refractivity contribution in [3.63, 3.8) is 0 Å². The Balaban J connectivity index is 1.88. The highest BCUT2D eigenvalue weighted by atomic mass is 32.1. The summed E-state index contributed by atoms with van der Waals surface area (Å²) >= 11 is 1.36. The molecule has 2 N–H and O–H groups in total. The predicted molar refractivity (Wildman–Crippen MR) is 103 cm³/mol. The maximum absolute atomic E-state index is 13.0. The minimum absolute atomic E-state index is 0.0879. The summed E-state index contributed by atoms with van der Waals surface area (Å²) in [7, 11) is 0. The van der Waals surface area contributed by atoms with Gasteiger partial charge in [-0.3, -0.25) is 9.59 Å². The minimum Gasteiger partial charge on any atom is -0.481 e. The Labute approximate surface area is 163 Å². The maximum Gasteiger partial charge on any atom is 0.341 e. The number of thiophene rings is 1. The van der Waals surface area contributed by atoms with Gasteiger partial charge < -0.3 is 15.2 Å². The molecule has 3 rings (SSSR count). The van der Waals surface area contributed by atoms with Crippen LogP contribution in [0.3, 0.4) is 0 Å². The Morgan fingerprint density at radius 3 is 2.41 bits per heavy atom. The summed E-state index contributed by atoms with van der Waals surface area (Å²) in [5.41, 5.74) is 1.29. The van der Waals surface area contributed by atoms with Gasteiger partial charge in [0, 0.05) is 4.88 Å². The van der Waals surface area contributed by atoms with E-state index in [1.54, 1.807) is 13.8 Å². The lowest BCUT2D eigenvalue weighted by Gasteiger charge is -2.27. The quantitative estimate of drug-likeness (QED) is 0.716. The molecule has 1 amide bonds. The van der Waals surface area contributed by atoms with Gasteiger partial charge >= 0.3 is 11.9 Å². The van der Waals surface area contributed by atoms with Gasteiger partial charge in [0.25, 0.3) is 0 Å². The lowest BCUT2D eigenvalue weighted by atomic mass is 9.79. The number of esters is 1. The summed E-state index contributed by atoms with van der Waals surface area (Å²) in [6, 6.07) is 0. The van der Waals surface area contributed by atoms with E-state index in [1.165, 1.54) is 11.3 Å². The first-order valence-electron chi connectivity index (χ1n) is 9.61. The van der Waals surface area contributed by atoms with E-state index in [2.05, 4.69) is 5.32 Å². The Morgan fingerprint density at radius 1 is 1.22 bits per heavy atom. The smallest absolute Gasteiger partial charge is 0.341 e. The van der Waals surface area contributed by atoms with Crippen molar-refractivity contribution in [3.05, 3.63) is 16.0 Å². The van der Waals surface area contributed by atoms with Gasteiger partial charge in [-0.1, -0.05) is 6.92 Å². The second-order valence-corrected chi connectivity index (χ2v) is 9.09. The van der Waals surface area contributed by atoms with Gasteiger partial charge in [0.15, 0.2) is 0 Å². The van der Waals surface area contributed by atoms with Crippen LogP contribution in [-0.4, -0.2) is 29.1 Å². The molecule has 2 fully saturated rings. The standard InChI is InChI=1S/C20H27NO5S/c1-5-13-10(4)27-18(16(13)20(25)26-9(2)3)21-17(22)14-11-6-7-12(8-11)15(14)19(23)24/h9,11-12,14-15H,5-8H2,1-4H3,(H,21,22)(H,23,24)/t11-,12-,14-,15+/m0/s1.